The van der Waals surface area contributed by atoms with Crippen molar-refractivity contribution in [2.24, 2.45) is 0 Å². The van der Waals surface area contributed by atoms with E-state index in [1.54, 1.807) is 11.6 Å². The molecule has 0 aliphatic heterocycles. The van der Waals surface area contributed by atoms with E-state index < -0.39 is 0 Å². The molecule has 8 heteroatoms. The number of hydrogen-bond acceptors (Lipinski definition) is 5. The molecule has 0 saturated heterocycles. The van der Waals surface area contributed by atoms with E-state index in [1.807, 2.05) is 37.3 Å². The fourth-order valence-corrected chi connectivity index (χ4v) is 3.09. The van der Waals surface area contributed by atoms with Crippen molar-refractivity contribution in [2.75, 3.05) is 5.32 Å². The maximum Gasteiger partial charge on any atom is 0.262 e. The first-order valence-corrected chi connectivity index (χ1v) is 8.12. The van der Waals surface area contributed by atoms with E-state index in [0.29, 0.717) is 28.1 Å². The molecule has 3 aromatic rings. The Hall–Kier alpha value is -2.25. The van der Waals surface area contributed by atoms with Gasteiger partial charge in [0.25, 0.3) is 5.91 Å². The van der Waals surface area contributed by atoms with Gasteiger partial charge in [-0.2, -0.15) is 5.10 Å². The number of nitrogens with one attached hydrogen (secondary N) is 1. The Morgan fingerprint density at radius 3 is 2.65 bits per heavy atom. The van der Waals surface area contributed by atoms with E-state index in [2.05, 4.69) is 20.6 Å². The Bertz CT molecular complexity index is 843. The van der Waals surface area contributed by atoms with Gasteiger partial charge in [0.2, 0.25) is 5.13 Å². The third kappa shape index (κ3) is 3.40. The SMILES string of the molecule is Cc1nnc(NC(=O)c2c(C)nn(Cc3ccccc3)c2Cl)s1. The molecule has 1 aromatic carbocycles. The van der Waals surface area contributed by atoms with Crippen molar-refractivity contribution >= 4 is 34.0 Å². The minimum absolute atomic E-state index is 0.310. The van der Waals surface area contributed by atoms with E-state index in [1.165, 1.54) is 11.3 Å². The van der Waals surface area contributed by atoms with Gasteiger partial charge in [0.05, 0.1) is 17.8 Å². The van der Waals surface area contributed by atoms with Crippen molar-refractivity contribution in [3.05, 3.63) is 57.3 Å². The lowest BCUT2D eigenvalue weighted by molar-refractivity contribution is 0.102. The molecule has 0 bridgehead atoms. The van der Waals surface area contributed by atoms with Crippen LogP contribution in [0.2, 0.25) is 5.15 Å². The molecule has 0 atom stereocenters. The molecular formula is C15H14ClN5OS. The summed E-state index contributed by atoms with van der Waals surface area (Å²) >= 11 is 7.66. The number of carbonyl (C=O) groups is 1. The number of amides is 1. The zero-order chi connectivity index (χ0) is 16.4. The summed E-state index contributed by atoms with van der Waals surface area (Å²) in [6, 6.07) is 9.81. The zero-order valence-electron chi connectivity index (χ0n) is 12.6. The van der Waals surface area contributed by atoms with E-state index in [0.717, 1.165) is 10.6 Å². The largest absolute Gasteiger partial charge is 0.296 e. The van der Waals surface area contributed by atoms with Crippen LogP contribution < -0.4 is 5.32 Å². The van der Waals surface area contributed by atoms with Gasteiger partial charge < -0.3 is 0 Å². The molecule has 0 saturated carbocycles. The van der Waals surface area contributed by atoms with Crippen molar-refractivity contribution in [1.29, 1.82) is 0 Å². The molecule has 0 radical (unpaired) electrons. The quantitative estimate of drug-likeness (QED) is 0.785. The monoisotopic (exact) mass is 347 g/mol. The van der Waals surface area contributed by atoms with Crippen molar-refractivity contribution in [2.45, 2.75) is 20.4 Å². The maximum atomic E-state index is 12.4. The van der Waals surface area contributed by atoms with E-state index in [-0.39, 0.29) is 5.91 Å². The molecule has 3 rings (SSSR count). The van der Waals surface area contributed by atoms with Crippen LogP contribution in [0.1, 0.15) is 26.6 Å². The molecule has 2 heterocycles. The van der Waals surface area contributed by atoms with Gasteiger partial charge in [0, 0.05) is 0 Å². The maximum absolute atomic E-state index is 12.4. The highest BCUT2D eigenvalue weighted by molar-refractivity contribution is 7.15. The lowest BCUT2D eigenvalue weighted by Gasteiger charge is -2.04. The fourth-order valence-electron chi connectivity index (χ4n) is 2.18. The molecule has 23 heavy (non-hydrogen) atoms. The standard InChI is InChI=1S/C15H14ClN5OS/c1-9-12(14(22)17-15-19-18-10(2)23-15)13(16)21(20-9)8-11-6-4-3-5-7-11/h3-7H,8H2,1-2H3,(H,17,19,22). The number of rotatable bonds is 4. The predicted molar refractivity (Wildman–Crippen MR) is 90.1 cm³/mol. The van der Waals surface area contributed by atoms with Crippen LogP contribution in [0.3, 0.4) is 0 Å². The van der Waals surface area contributed by atoms with E-state index >= 15 is 0 Å². The molecule has 0 aliphatic carbocycles. The van der Waals surface area contributed by atoms with Gasteiger partial charge in [0.1, 0.15) is 10.2 Å². The van der Waals surface area contributed by atoms with E-state index in [9.17, 15) is 4.79 Å². The Morgan fingerprint density at radius 1 is 1.26 bits per heavy atom. The smallest absolute Gasteiger partial charge is 0.262 e. The first-order chi connectivity index (χ1) is 11.0. The summed E-state index contributed by atoms with van der Waals surface area (Å²) < 4.78 is 1.62. The molecule has 0 spiro atoms. The molecule has 0 fully saturated rings. The van der Waals surface area contributed by atoms with Crippen LogP contribution in [0.5, 0.6) is 0 Å². The second kappa shape index (κ2) is 6.47. The third-order valence-electron chi connectivity index (χ3n) is 3.21. The van der Waals surface area contributed by atoms with Crippen LogP contribution >= 0.6 is 22.9 Å². The number of halogens is 1. The number of aryl methyl sites for hydroxylation is 2. The summed E-state index contributed by atoms with van der Waals surface area (Å²) in [6.45, 7) is 4.09. The lowest BCUT2D eigenvalue weighted by Crippen LogP contribution is -2.13. The van der Waals surface area contributed by atoms with Crippen LogP contribution in [0.15, 0.2) is 30.3 Å². The number of aromatic nitrogens is 4. The van der Waals surface area contributed by atoms with Gasteiger partial charge in [-0.25, -0.2) is 4.68 Å². The molecule has 1 amide bonds. The number of carbonyl (C=O) groups excluding carboxylic acids is 1. The number of anilines is 1. The minimum Gasteiger partial charge on any atom is -0.296 e. The van der Waals surface area contributed by atoms with Gasteiger partial charge in [-0.15, -0.1) is 10.2 Å². The van der Waals surface area contributed by atoms with Crippen LogP contribution in [0, 0.1) is 13.8 Å². The Kier molecular flexibility index (Phi) is 4.40. The zero-order valence-corrected chi connectivity index (χ0v) is 14.1. The highest BCUT2D eigenvalue weighted by Crippen LogP contribution is 2.23. The number of hydrogen-bond donors (Lipinski definition) is 1. The summed E-state index contributed by atoms with van der Waals surface area (Å²) in [4.78, 5) is 12.4. The average Bonchev–Trinajstić information content (AvgIpc) is 3.04. The minimum atomic E-state index is -0.331. The summed E-state index contributed by atoms with van der Waals surface area (Å²) in [6.07, 6.45) is 0. The summed E-state index contributed by atoms with van der Waals surface area (Å²) in [5.41, 5.74) is 1.99. The van der Waals surface area contributed by atoms with E-state index in [4.69, 9.17) is 11.6 Å². The van der Waals surface area contributed by atoms with Gasteiger partial charge in [-0.3, -0.25) is 10.1 Å². The predicted octanol–water partition coefficient (Wildman–Crippen LogP) is 3.31. The molecule has 1 N–H and O–H groups in total. The Morgan fingerprint density at radius 2 is 2.00 bits per heavy atom. The second-order valence-electron chi connectivity index (χ2n) is 4.97. The van der Waals surface area contributed by atoms with Crippen molar-refractivity contribution in [1.82, 2.24) is 20.0 Å². The molecule has 0 unspecified atom stereocenters. The van der Waals surface area contributed by atoms with Crippen molar-refractivity contribution in [3.63, 3.8) is 0 Å². The highest BCUT2D eigenvalue weighted by Gasteiger charge is 2.21. The first kappa shape index (κ1) is 15.6. The Balaban J connectivity index is 1.84. The molecule has 0 aliphatic rings. The average molecular weight is 348 g/mol. The third-order valence-corrected chi connectivity index (χ3v) is 4.35. The highest BCUT2D eigenvalue weighted by atomic mass is 35.5. The van der Waals surface area contributed by atoms with Crippen LogP contribution in [0.4, 0.5) is 5.13 Å². The van der Waals surface area contributed by atoms with Gasteiger partial charge in [-0.05, 0) is 19.4 Å². The van der Waals surface area contributed by atoms with Gasteiger partial charge in [0.15, 0.2) is 0 Å². The van der Waals surface area contributed by atoms with Gasteiger partial charge in [-0.1, -0.05) is 53.3 Å². The summed E-state index contributed by atoms with van der Waals surface area (Å²) in [5.74, 6) is -0.331. The molecule has 118 valence electrons. The van der Waals surface area contributed by atoms with Crippen LogP contribution in [-0.2, 0) is 6.54 Å². The molecule has 2 aromatic heterocycles. The molecule has 6 nitrogen and oxygen atoms in total. The summed E-state index contributed by atoms with van der Waals surface area (Å²) in [5, 5.41) is 16.4. The van der Waals surface area contributed by atoms with Crippen LogP contribution in [-0.4, -0.2) is 25.9 Å². The number of nitrogens with zero attached hydrogens (tertiary/aromatic N) is 4. The van der Waals surface area contributed by atoms with Crippen LogP contribution in [0.25, 0.3) is 0 Å². The van der Waals surface area contributed by atoms with Crippen molar-refractivity contribution in [3.8, 4) is 0 Å². The normalized spacial score (nSPS) is 10.7. The number of benzene rings is 1. The first-order valence-electron chi connectivity index (χ1n) is 6.93. The van der Waals surface area contributed by atoms with Crippen molar-refractivity contribution < 1.29 is 4.79 Å². The Labute approximate surface area is 142 Å². The molecular weight excluding hydrogens is 334 g/mol. The second-order valence-corrected chi connectivity index (χ2v) is 6.51. The lowest BCUT2D eigenvalue weighted by atomic mass is 10.2. The topological polar surface area (TPSA) is 72.7 Å². The van der Waals surface area contributed by atoms with Gasteiger partial charge >= 0.3 is 0 Å². The fraction of sp³-hybridized carbons (Fsp3) is 0.200. The summed E-state index contributed by atoms with van der Waals surface area (Å²) in [7, 11) is 0.